The number of hydrogen-bond acceptors (Lipinski definition) is 4. The van der Waals surface area contributed by atoms with Gasteiger partial charge in [-0.15, -0.1) is 5.10 Å². The zero-order chi connectivity index (χ0) is 18.7. The molecule has 0 amide bonds. The fourth-order valence-electron chi connectivity index (χ4n) is 1.47. The molecule has 0 aromatic carbocycles. The fraction of sp³-hybridized carbons (Fsp3) is 0.714. The van der Waals surface area contributed by atoms with Crippen molar-refractivity contribution in [3.63, 3.8) is 0 Å². The maximum atomic E-state index is 12.9. The molecule has 2 unspecified atom stereocenters. The predicted molar refractivity (Wildman–Crippen MR) is 82.7 cm³/mol. The van der Waals surface area contributed by atoms with Crippen LogP contribution in [0.5, 0.6) is 5.88 Å². The second-order valence-corrected chi connectivity index (χ2v) is 8.33. The third-order valence-electron chi connectivity index (χ3n) is 2.96. The van der Waals surface area contributed by atoms with Gasteiger partial charge in [0, 0.05) is 5.56 Å². The Balaban J connectivity index is 2.79. The lowest BCUT2D eigenvalue weighted by molar-refractivity contribution is -0.148. The van der Waals surface area contributed by atoms with Crippen LogP contribution in [0.2, 0.25) is 0 Å². The van der Waals surface area contributed by atoms with E-state index in [0.29, 0.717) is 11.3 Å². The molecule has 1 rings (SSSR count). The molecule has 0 saturated heterocycles. The first-order chi connectivity index (χ1) is 10.8. The van der Waals surface area contributed by atoms with E-state index in [2.05, 4.69) is 19.7 Å². The Morgan fingerprint density at radius 2 is 1.88 bits per heavy atom. The maximum Gasteiger partial charge on any atom is 0.340 e. The second kappa shape index (κ2) is 7.73. The number of halogens is 4. The molecule has 0 radical (unpaired) electrons. The number of hydrogen-bond donors (Lipinski definition) is 1. The Bertz CT molecular complexity index is 594. The van der Waals surface area contributed by atoms with Crippen LogP contribution < -0.4 is 9.46 Å². The lowest BCUT2D eigenvalue weighted by Gasteiger charge is -2.22. The van der Waals surface area contributed by atoms with Crippen LogP contribution in [0, 0.1) is 6.92 Å². The van der Waals surface area contributed by atoms with E-state index in [1.54, 1.807) is 27.7 Å². The molecule has 1 heterocycles. The van der Waals surface area contributed by atoms with Gasteiger partial charge in [-0.25, -0.2) is 17.7 Å². The fourth-order valence-corrected chi connectivity index (χ4v) is 2.27. The second-order valence-electron chi connectivity index (χ2n) is 6.33. The molecule has 0 fully saturated rings. The molecule has 1 aromatic heterocycles. The molecular weight excluding hydrogens is 350 g/mol. The van der Waals surface area contributed by atoms with E-state index < -0.39 is 40.7 Å². The Hall–Kier alpha value is -1.29. The van der Waals surface area contributed by atoms with Crippen LogP contribution in [0.4, 0.5) is 17.6 Å². The number of rotatable bonds is 7. The van der Waals surface area contributed by atoms with Crippen LogP contribution in [0.15, 0.2) is 6.07 Å². The summed E-state index contributed by atoms with van der Waals surface area (Å²) in [6.45, 7) is 7.18. The average molecular weight is 371 g/mol. The maximum absolute atomic E-state index is 12.9. The highest BCUT2D eigenvalue weighted by molar-refractivity contribution is 7.84. The van der Waals surface area contributed by atoms with E-state index in [1.807, 2.05) is 0 Å². The van der Waals surface area contributed by atoms with Gasteiger partial charge < -0.3 is 4.74 Å². The molecule has 138 valence electrons. The topological polar surface area (TPSA) is 64.1 Å². The first kappa shape index (κ1) is 20.8. The number of nitrogens with zero attached hydrogens (tertiary/aromatic N) is 2. The van der Waals surface area contributed by atoms with Gasteiger partial charge >= 0.3 is 12.3 Å². The lowest BCUT2D eigenvalue weighted by atomic mass is 10.2. The summed E-state index contributed by atoms with van der Waals surface area (Å²) in [4.78, 5) is 0. The average Bonchev–Trinajstić information content (AvgIpc) is 2.44. The van der Waals surface area contributed by atoms with Gasteiger partial charge in [-0.05, 0) is 40.7 Å². The minimum Gasteiger partial charge on any atom is -0.470 e. The zero-order valence-corrected chi connectivity index (χ0v) is 14.9. The van der Waals surface area contributed by atoms with Gasteiger partial charge in [0.25, 0.3) is 0 Å². The number of nitrogens with one attached hydrogen (secondary N) is 1. The highest BCUT2D eigenvalue weighted by Gasteiger charge is 2.42. The van der Waals surface area contributed by atoms with Crippen LogP contribution in [-0.4, -0.2) is 38.1 Å². The van der Waals surface area contributed by atoms with Gasteiger partial charge in [0.2, 0.25) is 5.88 Å². The van der Waals surface area contributed by atoms with Gasteiger partial charge in [0.05, 0.1) is 27.5 Å². The van der Waals surface area contributed by atoms with Crippen molar-refractivity contribution in [1.29, 1.82) is 0 Å². The summed E-state index contributed by atoms with van der Waals surface area (Å²) >= 11 is 0. The summed E-state index contributed by atoms with van der Waals surface area (Å²) < 4.78 is 69.0. The number of ether oxygens (including phenoxy) is 1. The van der Waals surface area contributed by atoms with Crippen molar-refractivity contribution in [2.75, 3.05) is 6.61 Å². The van der Waals surface area contributed by atoms with Crippen LogP contribution in [0.3, 0.4) is 0 Å². The Morgan fingerprint density at radius 1 is 1.29 bits per heavy atom. The smallest absolute Gasteiger partial charge is 0.340 e. The number of aryl methyl sites for hydroxylation is 1. The third kappa shape index (κ3) is 5.66. The van der Waals surface area contributed by atoms with Crippen molar-refractivity contribution in [1.82, 2.24) is 14.9 Å². The van der Waals surface area contributed by atoms with E-state index in [9.17, 15) is 21.8 Å². The largest absolute Gasteiger partial charge is 0.470 e. The van der Waals surface area contributed by atoms with E-state index >= 15 is 0 Å². The van der Waals surface area contributed by atoms with Crippen LogP contribution in [0.25, 0.3) is 0 Å². The molecule has 2 atom stereocenters. The molecule has 1 aromatic rings. The minimum absolute atomic E-state index is 0.247. The Kier molecular flexibility index (Phi) is 6.68. The van der Waals surface area contributed by atoms with Crippen molar-refractivity contribution >= 4 is 11.0 Å². The van der Waals surface area contributed by atoms with Crippen LogP contribution >= 0.6 is 0 Å². The monoisotopic (exact) mass is 371 g/mol. The van der Waals surface area contributed by atoms with Gasteiger partial charge in [-0.2, -0.15) is 13.9 Å². The minimum atomic E-state index is -4.26. The molecule has 24 heavy (non-hydrogen) atoms. The summed E-state index contributed by atoms with van der Waals surface area (Å²) in [5.74, 6) is -4.51. The summed E-state index contributed by atoms with van der Waals surface area (Å²) in [5, 5.41) is 7.46. The molecule has 5 nitrogen and oxygen atoms in total. The summed E-state index contributed by atoms with van der Waals surface area (Å²) in [5.41, 5.74) is 0.790. The molecule has 1 N–H and O–H groups in total. The third-order valence-corrected chi connectivity index (χ3v) is 4.64. The van der Waals surface area contributed by atoms with Gasteiger partial charge in [0.15, 0.2) is 6.61 Å². The molecule has 0 saturated carbocycles. The van der Waals surface area contributed by atoms with Crippen molar-refractivity contribution in [3.05, 3.63) is 17.3 Å². The SMILES string of the molecule is Cc1cc(C(C)NS(=O)C(C)(C)C)nnc1OCC(F)(F)C(F)F. The van der Waals surface area contributed by atoms with Crippen LogP contribution in [-0.2, 0) is 11.0 Å². The van der Waals surface area contributed by atoms with E-state index in [4.69, 9.17) is 0 Å². The molecule has 0 aliphatic carbocycles. The van der Waals surface area contributed by atoms with E-state index in [0.717, 1.165) is 0 Å². The zero-order valence-electron chi connectivity index (χ0n) is 14.1. The first-order valence-electron chi connectivity index (χ1n) is 7.15. The first-order valence-corrected chi connectivity index (χ1v) is 8.30. The van der Waals surface area contributed by atoms with Crippen molar-refractivity contribution in [2.45, 2.75) is 57.8 Å². The van der Waals surface area contributed by atoms with Gasteiger partial charge in [0.1, 0.15) is 0 Å². The van der Waals surface area contributed by atoms with Crippen LogP contribution in [0.1, 0.15) is 45.0 Å². The van der Waals surface area contributed by atoms with Crippen molar-refractivity contribution in [2.24, 2.45) is 0 Å². The van der Waals surface area contributed by atoms with E-state index in [1.165, 1.54) is 13.0 Å². The van der Waals surface area contributed by atoms with Crippen molar-refractivity contribution < 1.29 is 26.5 Å². The standard InChI is InChI=1S/C14H21F4N3O2S/c1-8-6-10(9(2)21-24(22)13(3,4)5)19-20-11(8)23-7-14(17,18)12(15)16/h6,9,12,21H,7H2,1-5H3. The van der Waals surface area contributed by atoms with Crippen molar-refractivity contribution in [3.8, 4) is 5.88 Å². The quantitative estimate of drug-likeness (QED) is 0.748. The van der Waals surface area contributed by atoms with E-state index in [-0.39, 0.29) is 5.88 Å². The normalized spacial score (nSPS) is 15.4. The Morgan fingerprint density at radius 3 is 2.33 bits per heavy atom. The molecule has 0 aliphatic rings. The lowest BCUT2D eigenvalue weighted by Crippen LogP contribution is -2.35. The highest BCUT2D eigenvalue weighted by Crippen LogP contribution is 2.25. The predicted octanol–water partition coefficient (Wildman–Crippen LogP) is 3.18. The molecule has 0 spiro atoms. The summed E-state index contributed by atoms with van der Waals surface area (Å²) in [7, 11) is -1.33. The summed E-state index contributed by atoms with van der Waals surface area (Å²) in [6.07, 6.45) is -3.82. The molecular formula is C14H21F4N3O2S. The summed E-state index contributed by atoms with van der Waals surface area (Å²) in [6, 6.07) is 1.10. The highest BCUT2D eigenvalue weighted by atomic mass is 32.2. The molecule has 0 bridgehead atoms. The molecule has 0 aliphatic heterocycles. The van der Waals surface area contributed by atoms with Gasteiger partial charge in [-0.3, -0.25) is 0 Å². The number of alkyl halides is 4. The Labute approximate surface area is 140 Å². The van der Waals surface area contributed by atoms with Gasteiger partial charge in [-0.1, -0.05) is 0 Å². The molecule has 10 heteroatoms. The number of aromatic nitrogens is 2.